The quantitative estimate of drug-likeness (QED) is 0.806. The summed E-state index contributed by atoms with van der Waals surface area (Å²) >= 11 is 0. The third-order valence-electron chi connectivity index (χ3n) is 2.65. The number of hydrogen-bond acceptors (Lipinski definition) is 4. The summed E-state index contributed by atoms with van der Waals surface area (Å²) in [4.78, 5) is 1.91. The van der Waals surface area contributed by atoms with E-state index < -0.39 is 10.0 Å². The van der Waals surface area contributed by atoms with Crippen LogP contribution in [0.15, 0.2) is 29.2 Å². The molecule has 0 aliphatic heterocycles. The van der Waals surface area contributed by atoms with Gasteiger partial charge in [-0.15, -0.1) is 0 Å². The predicted octanol–water partition coefficient (Wildman–Crippen LogP) is 0.850. The van der Waals surface area contributed by atoms with Crippen LogP contribution in [0.3, 0.4) is 0 Å². The summed E-state index contributed by atoms with van der Waals surface area (Å²) in [5.74, 6) is 0. The molecule has 1 aromatic rings. The zero-order valence-electron chi connectivity index (χ0n) is 9.79. The average molecular weight is 253 g/mol. The first-order chi connectivity index (χ1) is 7.86. The average Bonchev–Trinajstić information content (AvgIpc) is 2.27. The highest BCUT2D eigenvalue weighted by atomic mass is 32.2. The Hall–Kier alpha value is -1.42. The number of sulfonamides is 1. The molecule has 0 fully saturated rings. The molecule has 0 unspecified atom stereocenters. The molecule has 0 radical (unpaired) electrons. The molecule has 0 spiro atoms. The van der Waals surface area contributed by atoms with Gasteiger partial charge in [-0.2, -0.15) is 5.26 Å². The van der Waals surface area contributed by atoms with Gasteiger partial charge in [-0.3, -0.25) is 4.90 Å². The van der Waals surface area contributed by atoms with Crippen LogP contribution in [-0.4, -0.2) is 26.9 Å². The molecule has 1 aromatic carbocycles. The van der Waals surface area contributed by atoms with Crippen LogP contribution in [-0.2, 0) is 10.0 Å². The molecular formula is C11H15N3O2S. The Morgan fingerprint density at radius 2 is 2.18 bits per heavy atom. The van der Waals surface area contributed by atoms with Crippen molar-refractivity contribution in [2.45, 2.75) is 17.9 Å². The smallest absolute Gasteiger partial charge is 0.238 e. The Balaban J connectivity index is 3.05. The highest BCUT2D eigenvalue weighted by molar-refractivity contribution is 7.89. The maximum Gasteiger partial charge on any atom is 0.238 e. The molecule has 0 aromatic heterocycles. The third-order valence-corrected chi connectivity index (χ3v) is 3.56. The van der Waals surface area contributed by atoms with Crippen molar-refractivity contribution in [3.63, 3.8) is 0 Å². The molecule has 2 N–H and O–H groups in total. The molecule has 0 aliphatic carbocycles. The minimum atomic E-state index is -3.68. The van der Waals surface area contributed by atoms with Gasteiger partial charge in [0, 0.05) is 6.04 Å². The first-order valence-electron chi connectivity index (χ1n) is 5.06. The highest BCUT2D eigenvalue weighted by Crippen LogP contribution is 2.20. The van der Waals surface area contributed by atoms with Gasteiger partial charge in [-0.25, -0.2) is 13.6 Å². The Labute approximate surface area is 102 Å². The fourth-order valence-electron chi connectivity index (χ4n) is 1.45. The zero-order valence-corrected chi connectivity index (χ0v) is 10.6. The lowest BCUT2D eigenvalue weighted by Gasteiger charge is -2.22. The summed E-state index contributed by atoms with van der Waals surface area (Å²) in [7, 11) is -1.88. The molecule has 92 valence electrons. The number of primary sulfonamides is 1. The monoisotopic (exact) mass is 253 g/mol. The molecule has 0 bridgehead atoms. The van der Waals surface area contributed by atoms with E-state index in [0.717, 1.165) is 5.56 Å². The molecule has 1 atom stereocenters. The summed E-state index contributed by atoms with van der Waals surface area (Å²) in [6, 6.07) is 8.45. The lowest BCUT2D eigenvalue weighted by Crippen LogP contribution is -2.23. The molecule has 1 rings (SSSR count). The van der Waals surface area contributed by atoms with Crippen LogP contribution in [0.5, 0.6) is 0 Å². The number of rotatable bonds is 4. The van der Waals surface area contributed by atoms with Crippen LogP contribution >= 0.6 is 0 Å². The van der Waals surface area contributed by atoms with Gasteiger partial charge in [0.25, 0.3) is 0 Å². The minimum Gasteiger partial charge on any atom is -0.287 e. The predicted molar refractivity (Wildman–Crippen MR) is 64.5 cm³/mol. The maximum atomic E-state index is 11.2. The molecule has 0 saturated heterocycles. The van der Waals surface area contributed by atoms with Crippen molar-refractivity contribution in [3.8, 4) is 6.07 Å². The fraction of sp³-hybridized carbons (Fsp3) is 0.364. The van der Waals surface area contributed by atoms with E-state index in [9.17, 15) is 8.42 Å². The van der Waals surface area contributed by atoms with E-state index in [2.05, 4.69) is 0 Å². The van der Waals surface area contributed by atoms with Gasteiger partial charge < -0.3 is 0 Å². The van der Waals surface area contributed by atoms with Gasteiger partial charge in [0.1, 0.15) is 0 Å². The number of nitriles is 1. The fourth-order valence-corrected chi connectivity index (χ4v) is 2.02. The van der Waals surface area contributed by atoms with Crippen molar-refractivity contribution < 1.29 is 8.42 Å². The SMILES string of the molecule is C[C@@H](c1cccc(S(N)(=O)=O)c1)N(C)CC#N. The van der Waals surface area contributed by atoms with E-state index in [1.165, 1.54) is 12.1 Å². The second-order valence-corrected chi connectivity index (χ2v) is 5.43. The zero-order chi connectivity index (χ0) is 13.1. The van der Waals surface area contributed by atoms with Crippen molar-refractivity contribution in [3.05, 3.63) is 29.8 Å². The van der Waals surface area contributed by atoms with Crippen molar-refractivity contribution >= 4 is 10.0 Å². The van der Waals surface area contributed by atoms with Crippen LogP contribution in [0.1, 0.15) is 18.5 Å². The lowest BCUT2D eigenvalue weighted by molar-refractivity contribution is 0.292. The standard InChI is InChI=1S/C11H15N3O2S/c1-9(14(2)7-6-12)10-4-3-5-11(8-10)17(13,15)16/h3-5,8-9H,7H2,1-2H3,(H2,13,15,16)/t9-/m0/s1. The lowest BCUT2D eigenvalue weighted by atomic mass is 10.1. The van der Waals surface area contributed by atoms with Crippen molar-refractivity contribution in [2.24, 2.45) is 5.14 Å². The number of nitrogens with two attached hydrogens (primary N) is 1. The van der Waals surface area contributed by atoms with E-state index in [-0.39, 0.29) is 17.5 Å². The van der Waals surface area contributed by atoms with Crippen molar-refractivity contribution in [1.29, 1.82) is 5.26 Å². The Kier molecular flexibility index (Phi) is 4.23. The normalized spacial score (nSPS) is 13.4. The second-order valence-electron chi connectivity index (χ2n) is 3.87. The topological polar surface area (TPSA) is 87.2 Å². The van der Waals surface area contributed by atoms with Gasteiger partial charge in [0.2, 0.25) is 10.0 Å². The first-order valence-corrected chi connectivity index (χ1v) is 6.61. The van der Waals surface area contributed by atoms with Crippen LogP contribution < -0.4 is 5.14 Å². The van der Waals surface area contributed by atoms with E-state index in [1.807, 2.05) is 24.0 Å². The summed E-state index contributed by atoms with van der Waals surface area (Å²) in [5, 5.41) is 13.7. The van der Waals surface area contributed by atoms with Gasteiger partial charge in [0.15, 0.2) is 0 Å². The van der Waals surface area contributed by atoms with E-state index in [1.54, 1.807) is 13.1 Å². The summed E-state index contributed by atoms with van der Waals surface area (Å²) < 4.78 is 22.4. The maximum absolute atomic E-state index is 11.2. The highest BCUT2D eigenvalue weighted by Gasteiger charge is 2.14. The summed E-state index contributed by atoms with van der Waals surface area (Å²) in [6.07, 6.45) is 0. The largest absolute Gasteiger partial charge is 0.287 e. The Morgan fingerprint density at radius 1 is 1.53 bits per heavy atom. The van der Waals surface area contributed by atoms with Crippen LogP contribution in [0, 0.1) is 11.3 Å². The van der Waals surface area contributed by atoms with E-state index in [4.69, 9.17) is 10.4 Å². The van der Waals surface area contributed by atoms with Crippen LogP contribution in [0.4, 0.5) is 0 Å². The second kappa shape index (κ2) is 5.27. The molecule has 0 heterocycles. The molecule has 0 amide bonds. The van der Waals surface area contributed by atoms with Crippen molar-refractivity contribution in [2.75, 3.05) is 13.6 Å². The van der Waals surface area contributed by atoms with Gasteiger partial charge in [0.05, 0.1) is 17.5 Å². The Bertz CT molecular complexity index is 534. The third kappa shape index (κ3) is 3.53. The molecular weight excluding hydrogens is 238 g/mol. The number of nitrogens with zero attached hydrogens (tertiary/aromatic N) is 2. The summed E-state index contributed by atoms with van der Waals surface area (Å²) in [5.41, 5.74) is 0.814. The number of hydrogen-bond donors (Lipinski definition) is 1. The first kappa shape index (κ1) is 13.6. The molecule has 5 nitrogen and oxygen atoms in total. The van der Waals surface area contributed by atoms with Gasteiger partial charge >= 0.3 is 0 Å². The summed E-state index contributed by atoms with van der Waals surface area (Å²) in [6.45, 7) is 2.18. The van der Waals surface area contributed by atoms with Gasteiger partial charge in [-0.1, -0.05) is 12.1 Å². The molecule has 0 aliphatic rings. The molecule has 6 heteroatoms. The van der Waals surface area contributed by atoms with Crippen LogP contribution in [0.25, 0.3) is 0 Å². The van der Waals surface area contributed by atoms with E-state index in [0.29, 0.717) is 0 Å². The minimum absolute atomic E-state index is 0.0450. The van der Waals surface area contributed by atoms with E-state index >= 15 is 0 Å². The van der Waals surface area contributed by atoms with Gasteiger partial charge in [-0.05, 0) is 31.7 Å². The Morgan fingerprint density at radius 3 is 2.71 bits per heavy atom. The molecule has 17 heavy (non-hydrogen) atoms. The molecule has 0 saturated carbocycles. The van der Waals surface area contributed by atoms with Crippen molar-refractivity contribution in [1.82, 2.24) is 4.90 Å². The van der Waals surface area contributed by atoms with Crippen LogP contribution in [0.2, 0.25) is 0 Å². The number of benzene rings is 1.